The summed E-state index contributed by atoms with van der Waals surface area (Å²) in [6, 6.07) is 6.50. The minimum atomic E-state index is -1.12. The number of fused-ring (bicyclic) bond motifs is 1. The summed E-state index contributed by atoms with van der Waals surface area (Å²) in [5.41, 5.74) is 1.09. The first-order valence-electron chi connectivity index (χ1n) is 6.16. The molecule has 0 saturated carbocycles. The van der Waals surface area contributed by atoms with Crippen molar-refractivity contribution < 1.29 is 13.9 Å². The van der Waals surface area contributed by atoms with Gasteiger partial charge in [0.05, 0.1) is 6.26 Å². The first kappa shape index (κ1) is 11.5. The monoisotopic (exact) mass is 246 g/mol. The summed E-state index contributed by atoms with van der Waals surface area (Å²) >= 11 is 0. The van der Waals surface area contributed by atoms with E-state index in [9.17, 15) is 9.50 Å². The molecule has 18 heavy (non-hydrogen) atoms. The third-order valence-corrected chi connectivity index (χ3v) is 3.65. The Hall–Kier alpha value is -1.61. The summed E-state index contributed by atoms with van der Waals surface area (Å²) in [5.74, 6) is 0.500. The van der Waals surface area contributed by atoms with Crippen molar-refractivity contribution in [1.82, 2.24) is 0 Å². The molecule has 1 N–H and O–H groups in total. The Morgan fingerprint density at radius 1 is 1.33 bits per heavy atom. The maximum absolute atomic E-state index is 13.5. The van der Waals surface area contributed by atoms with Gasteiger partial charge >= 0.3 is 0 Å². The SMILES string of the molecule is Cc1cc(F)cc(C2(O)CCCc3occc32)c1. The molecule has 1 heterocycles. The molecule has 1 atom stereocenters. The zero-order valence-corrected chi connectivity index (χ0v) is 10.2. The van der Waals surface area contributed by atoms with Gasteiger partial charge in [-0.05, 0) is 49.1 Å². The van der Waals surface area contributed by atoms with Gasteiger partial charge in [-0.1, -0.05) is 6.07 Å². The van der Waals surface area contributed by atoms with Crippen molar-refractivity contribution >= 4 is 0 Å². The highest BCUT2D eigenvalue weighted by Gasteiger charge is 2.38. The van der Waals surface area contributed by atoms with E-state index >= 15 is 0 Å². The average molecular weight is 246 g/mol. The molecular weight excluding hydrogens is 231 g/mol. The maximum atomic E-state index is 13.5. The van der Waals surface area contributed by atoms with E-state index in [1.165, 1.54) is 12.1 Å². The van der Waals surface area contributed by atoms with Crippen molar-refractivity contribution in [3.8, 4) is 0 Å². The fourth-order valence-electron chi connectivity index (χ4n) is 2.82. The average Bonchev–Trinajstić information content (AvgIpc) is 2.77. The highest BCUT2D eigenvalue weighted by atomic mass is 19.1. The van der Waals surface area contributed by atoms with Crippen molar-refractivity contribution in [3.63, 3.8) is 0 Å². The van der Waals surface area contributed by atoms with E-state index < -0.39 is 5.60 Å². The summed E-state index contributed by atoms with van der Waals surface area (Å²) in [6.45, 7) is 1.83. The van der Waals surface area contributed by atoms with E-state index in [4.69, 9.17) is 4.42 Å². The molecule has 0 saturated heterocycles. The first-order valence-corrected chi connectivity index (χ1v) is 6.16. The number of aryl methyl sites for hydroxylation is 2. The lowest BCUT2D eigenvalue weighted by Gasteiger charge is -2.32. The quantitative estimate of drug-likeness (QED) is 0.837. The lowest BCUT2D eigenvalue weighted by Crippen LogP contribution is -2.31. The smallest absolute Gasteiger partial charge is 0.123 e. The summed E-state index contributed by atoms with van der Waals surface area (Å²) in [5, 5.41) is 10.9. The van der Waals surface area contributed by atoms with Crippen LogP contribution in [0.5, 0.6) is 0 Å². The van der Waals surface area contributed by atoms with Crippen LogP contribution in [0.2, 0.25) is 0 Å². The van der Waals surface area contributed by atoms with Crippen molar-refractivity contribution in [2.24, 2.45) is 0 Å². The Bertz CT molecular complexity index is 568. The van der Waals surface area contributed by atoms with Crippen LogP contribution in [0.3, 0.4) is 0 Å². The van der Waals surface area contributed by atoms with Gasteiger partial charge in [-0.2, -0.15) is 0 Å². The maximum Gasteiger partial charge on any atom is 0.123 e. The second-order valence-corrected chi connectivity index (χ2v) is 4.99. The molecule has 0 fully saturated rings. The summed E-state index contributed by atoms with van der Waals surface area (Å²) in [6.07, 6.45) is 3.86. The molecule has 0 bridgehead atoms. The molecule has 3 heteroatoms. The summed E-state index contributed by atoms with van der Waals surface area (Å²) < 4.78 is 18.9. The Morgan fingerprint density at radius 3 is 2.94 bits per heavy atom. The van der Waals surface area contributed by atoms with E-state index in [-0.39, 0.29) is 5.82 Å². The lowest BCUT2D eigenvalue weighted by atomic mass is 9.77. The number of halogens is 1. The predicted molar refractivity (Wildman–Crippen MR) is 65.8 cm³/mol. The van der Waals surface area contributed by atoms with Gasteiger partial charge in [-0.3, -0.25) is 0 Å². The topological polar surface area (TPSA) is 33.4 Å². The molecule has 0 amide bonds. The number of rotatable bonds is 1. The van der Waals surface area contributed by atoms with Gasteiger partial charge in [0.25, 0.3) is 0 Å². The molecule has 1 aliphatic carbocycles. The predicted octanol–water partition coefficient (Wildman–Crippen LogP) is 3.30. The molecule has 0 aliphatic heterocycles. The second-order valence-electron chi connectivity index (χ2n) is 4.99. The molecule has 1 aromatic carbocycles. The van der Waals surface area contributed by atoms with Crippen molar-refractivity contribution in [3.05, 3.63) is 58.8 Å². The van der Waals surface area contributed by atoms with Crippen LogP contribution in [0.4, 0.5) is 4.39 Å². The second kappa shape index (κ2) is 3.95. The van der Waals surface area contributed by atoms with Crippen LogP contribution in [0, 0.1) is 12.7 Å². The van der Waals surface area contributed by atoms with E-state index in [0.29, 0.717) is 12.0 Å². The highest BCUT2D eigenvalue weighted by Crippen LogP contribution is 2.41. The first-order chi connectivity index (χ1) is 8.59. The molecule has 2 nitrogen and oxygen atoms in total. The molecule has 3 rings (SSSR count). The number of aliphatic hydroxyl groups is 1. The largest absolute Gasteiger partial charge is 0.469 e. The zero-order valence-electron chi connectivity index (χ0n) is 10.2. The third-order valence-electron chi connectivity index (χ3n) is 3.65. The number of hydrogen-bond donors (Lipinski definition) is 1. The van der Waals surface area contributed by atoms with E-state index in [1.54, 1.807) is 12.3 Å². The van der Waals surface area contributed by atoms with Crippen LogP contribution < -0.4 is 0 Å². The van der Waals surface area contributed by atoms with Crippen LogP contribution in [-0.2, 0) is 12.0 Å². The highest BCUT2D eigenvalue weighted by molar-refractivity contribution is 5.40. The molecule has 2 aromatic rings. The summed E-state index contributed by atoms with van der Waals surface area (Å²) in [7, 11) is 0. The molecular formula is C15H15FO2. The van der Waals surface area contributed by atoms with Gasteiger partial charge in [-0.25, -0.2) is 4.39 Å². The van der Waals surface area contributed by atoms with Crippen LogP contribution in [0.25, 0.3) is 0 Å². The Balaban J connectivity index is 2.17. The van der Waals surface area contributed by atoms with Crippen LogP contribution in [0.15, 0.2) is 34.9 Å². The number of furan rings is 1. The molecule has 0 spiro atoms. The van der Waals surface area contributed by atoms with Crippen molar-refractivity contribution in [2.45, 2.75) is 31.8 Å². The Kier molecular flexibility index (Phi) is 2.52. The fraction of sp³-hybridized carbons (Fsp3) is 0.333. The number of benzene rings is 1. The van der Waals surface area contributed by atoms with Crippen LogP contribution in [0.1, 0.15) is 35.3 Å². The van der Waals surface area contributed by atoms with E-state index in [0.717, 1.165) is 29.7 Å². The minimum Gasteiger partial charge on any atom is -0.469 e. The Labute approximate surface area is 105 Å². The molecule has 1 aromatic heterocycles. The Morgan fingerprint density at radius 2 is 2.17 bits per heavy atom. The zero-order chi connectivity index (χ0) is 12.8. The normalized spacial score (nSPS) is 22.8. The van der Waals surface area contributed by atoms with Gasteiger partial charge in [0, 0.05) is 12.0 Å². The van der Waals surface area contributed by atoms with Gasteiger partial charge < -0.3 is 9.52 Å². The van der Waals surface area contributed by atoms with E-state index in [1.807, 2.05) is 13.0 Å². The fourth-order valence-corrected chi connectivity index (χ4v) is 2.82. The van der Waals surface area contributed by atoms with Crippen molar-refractivity contribution in [1.29, 1.82) is 0 Å². The lowest BCUT2D eigenvalue weighted by molar-refractivity contribution is 0.0585. The molecule has 1 unspecified atom stereocenters. The van der Waals surface area contributed by atoms with Gasteiger partial charge in [0.15, 0.2) is 0 Å². The standard InChI is InChI=1S/C15H15FO2/c1-10-7-11(9-12(16)8-10)15(17)5-2-3-14-13(15)4-6-18-14/h4,6-9,17H,2-3,5H2,1H3. The summed E-state index contributed by atoms with van der Waals surface area (Å²) in [4.78, 5) is 0. The molecule has 0 radical (unpaired) electrons. The van der Waals surface area contributed by atoms with Gasteiger partial charge in [-0.15, -0.1) is 0 Å². The van der Waals surface area contributed by atoms with Gasteiger partial charge in [0.1, 0.15) is 17.2 Å². The van der Waals surface area contributed by atoms with Crippen LogP contribution in [-0.4, -0.2) is 5.11 Å². The third kappa shape index (κ3) is 1.66. The minimum absolute atomic E-state index is 0.311. The molecule has 1 aliphatic rings. The van der Waals surface area contributed by atoms with Gasteiger partial charge in [0.2, 0.25) is 0 Å². The van der Waals surface area contributed by atoms with E-state index in [2.05, 4.69) is 0 Å². The molecule has 94 valence electrons. The van der Waals surface area contributed by atoms with Crippen molar-refractivity contribution in [2.75, 3.05) is 0 Å². The van der Waals surface area contributed by atoms with Crippen LogP contribution >= 0.6 is 0 Å². The number of hydrogen-bond acceptors (Lipinski definition) is 2.